The summed E-state index contributed by atoms with van der Waals surface area (Å²) in [7, 11) is 2.12. The van der Waals surface area contributed by atoms with Crippen molar-refractivity contribution >= 4 is 0 Å². The highest BCUT2D eigenvalue weighted by Gasteiger charge is 2.24. The Morgan fingerprint density at radius 2 is 1.94 bits per heavy atom. The summed E-state index contributed by atoms with van der Waals surface area (Å²) in [6, 6.07) is 1.32. The zero-order valence-corrected chi connectivity index (χ0v) is 12.2. The van der Waals surface area contributed by atoms with Crippen LogP contribution in [0, 0.1) is 0 Å². The fraction of sp³-hybridized carbons (Fsp3) is 1.00. The molecule has 0 heterocycles. The molecule has 1 unspecified atom stereocenters. The molecule has 4 nitrogen and oxygen atoms in total. The predicted molar refractivity (Wildman–Crippen MR) is 74.9 cm³/mol. The van der Waals surface area contributed by atoms with Gasteiger partial charge < -0.3 is 20.1 Å². The molecule has 1 aliphatic rings. The minimum absolute atomic E-state index is 0.360. The van der Waals surface area contributed by atoms with Crippen LogP contribution in [-0.4, -0.2) is 61.5 Å². The molecule has 0 aliphatic heterocycles. The van der Waals surface area contributed by atoms with Crippen LogP contribution in [0.25, 0.3) is 0 Å². The van der Waals surface area contributed by atoms with Gasteiger partial charge >= 0.3 is 0 Å². The summed E-state index contributed by atoms with van der Waals surface area (Å²) in [4.78, 5) is 2.30. The van der Waals surface area contributed by atoms with E-state index in [0.717, 1.165) is 13.1 Å². The zero-order chi connectivity index (χ0) is 13.4. The first-order chi connectivity index (χ1) is 8.67. The molecule has 4 heteroatoms. The standard InChI is InChI=1S/C14H30N2O2/c1-4-15-12-6-8-13(9-7-12)16(3)10-14(17)11-18-5-2/h12-15,17H,4-11H2,1-3H3. The summed E-state index contributed by atoms with van der Waals surface area (Å²) in [6.07, 6.45) is 4.61. The molecule has 0 radical (unpaired) electrons. The normalized spacial score (nSPS) is 26.5. The first-order valence-electron chi connectivity index (χ1n) is 7.36. The first kappa shape index (κ1) is 15.9. The third-order valence-corrected chi connectivity index (χ3v) is 3.83. The molecule has 0 saturated heterocycles. The van der Waals surface area contributed by atoms with E-state index in [2.05, 4.69) is 24.2 Å². The van der Waals surface area contributed by atoms with Gasteiger partial charge in [-0.25, -0.2) is 0 Å². The summed E-state index contributed by atoms with van der Waals surface area (Å²) in [5.41, 5.74) is 0. The number of likely N-dealkylation sites (N-methyl/N-ethyl adjacent to an activating group) is 1. The zero-order valence-electron chi connectivity index (χ0n) is 12.2. The topological polar surface area (TPSA) is 44.7 Å². The van der Waals surface area contributed by atoms with Crippen molar-refractivity contribution < 1.29 is 9.84 Å². The molecule has 1 rings (SSSR count). The lowest BCUT2D eigenvalue weighted by Gasteiger charge is -2.35. The molecule has 0 bridgehead atoms. The van der Waals surface area contributed by atoms with Crippen LogP contribution in [0.1, 0.15) is 39.5 Å². The molecule has 0 amide bonds. The fourth-order valence-corrected chi connectivity index (χ4v) is 2.80. The quantitative estimate of drug-likeness (QED) is 0.687. The Morgan fingerprint density at radius 1 is 1.28 bits per heavy atom. The maximum Gasteiger partial charge on any atom is 0.0900 e. The molecule has 0 aromatic heterocycles. The average Bonchev–Trinajstić information content (AvgIpc) is 2.37. The Labute approximate surface area is 112 Å². The van der Waals surface area contributed by atoms with Gasteiger partial charge in [-0.05, 0) is 46.2 Å². The summed E-state index contributed by atoms with van der Waals surface area (Å²) in [5, 5.41) is 13.4. The number of hydrogen-bond donors (Lipinski definition) is 2. The molecular formula is C14H30N2O2. The number of aliphatic hydroxyl groups is 1. The Kier molecular flexibility index (Phi) is 7.82. The second-order valence-electron chi connectivity index (χ2n) is 5.32. The summed E-state index contributed by atoms with van der Waals surface area (Å²) in [5.74, 6) is 0. The van der Waals surface area contributed by atoms with Crippen molar-refractivity contribution in [3.8, 4) is 0 Å². The van der Waals surface area contributed by atoms with Gasteiger partial charge in [0.1, 0.15) is 0 Å². The SMILES string of the molecule is CCNC1CCC(N(C)CC(O)COCC)CC1. The van der Waals surface area contributed by atoms with Gasteiger partial charge in [-0.3, -0.25) is 0 Å². The third kappa shape index (κ3) is 5.65. The largest absolute Gasteiger partial charge is 0.389 e. The van der Waals surface area contributed by atoms with Crippen LogP contribution in [0.3, 0.4) is 0 Å². The van der Waals surface area contributed by atoms with Gasteiger partial charge in [-0.1, -0.05) is 6.92 Å². The van der Waals surface area contributed by atoms with Crippen LogP contribution in [-0.2, 0) is 4.74 Å². The molecule has 1 saturated carbocycles. The Balaban J connectivity index is 2.20. The Hall–Kier alpha value is -0.160. The minimum atomic E-state index is -0.360. The smallest absolute Gasteiger partial charge is 0.0900 e. The second-order valence-corrected chi connectivity index (χ2v) is 5.32. The second kappa shape index (κ2) is 8.86. The van der Waals surface area contributed by atoms with Gasteiger partial charge in [0.25, 0.3) is 0 Å². The van der Waals surface area contributed by atoms with Gasteiger partial charge in [0, 0.05) is 25.2 Å². The molecule has 1 fully saturated rings. The van der Waals surface area contributed by atoms with Crippen LogP contribution >= 0.6 is 0 Å². The van der Waals surface area contributed by atoms with E-state index in [4.69, 9.17) is 4.74 Å². The van der Waals surface area contributed by atoms with Crippen molar-refractivity contribution in [3.05, 3.63) is 0 Å². The van der Waals surface area contributed by atoms with E-state index in [9.17, 15) is 5.11 Å². The number of rotatable bonds is 8. The van der Waals surface area contributed by atoms with Crippen molar-refractivity contribution in [2.24, 2.45) is 0 Å². The van der Waals surface area contributed by atoms with Crippen molar-refractivity contribution in [2.75, 3.05) is 33.4 Å². The summed E-state index contributed by atoms with van der Waals surface area (Å²) in [6.45, 7) is 7.04. The third-order valence-electron chi connectivity index (χ3n) is 3.83. The van der Waals surface area contributed by atoms with Gasteiger partial charge in [0.15, 0.2) is 0 Å². The van der Waals surface area contributed by atoms with Crippen LogP contribution in [0.5, 0.6) is 0 Å². The van der Waals surface area contributed by atoms with Crippen molar-refractivity contribution in [1.29, 1.82) is 0 Å². The van der Waals surface area contributed by atoms with E-state index in [1.54, 1.807) is 0 Å². The maximum absolute atomic E-state index is 9.84. The van der Waals surface area contributed by atoms with Crippen molar-refractivity contribution in [1.82, 2.24) is 10.2 Å². The maximum atomic E-state index is 9.84. The molecule has 0 spiro atoms. The first-order valence-corrected chi connectivity index (χ1v) is 7.36. The average molecular weight is 258 g/mol. The number of nitrogens with one attached hydrogen (secondary N) is 1. The van der Waals surface area contributed by atoms with Crippen LogP contribution in [0.2, 0.25) is 0 Å². The van der Waals surface area contributed by atoms with Crippen molar-refractivity contribution in [3.63, 3.8) is 0 Å². The molecule has 18 heavy (non-hydrogen) atoms. The molecule has 0 aromatic carbocycles. The predicted octanol–water partition coefficient (Wildman–Crippen LogP) is 1.24. The number of nitrogens with zero attached hydrogens (tertiary/aromatic N) is 1. The van der Waals surface area contributed by atoms with Crippen LogP contribution in [0.4, 0.5) is 0 Å². The molecule has 1 aliphatic carbocycles. The number of hydrogen-bond acceptors (Lipinski definition) is 4. The lowest BCUT2D eigenvalue weighted by Crippen LogP contribution is -2.44. The summed E-state index contributed by atoms with van der Waals surface area (Å²) < 4.78 is 5.25. The highest BCUT2D eigenvalue weighted by Crippen LogP contribution is 2.22. The lowest BCUT2D eigenvalue weighted by molar-refractivity contribution is 0.0143. The fourth-order valence-electron chi connectivity index (χ4n) is 2.80. The molecule has 0 aromatic rings. The molecule has 1 atom stereocenters. The highest BCUT2D eigenvalue weighted by molar-refractivity contribution is 4.82. The Morgan fingerprint density at radius 3 is 2.50 bits per heavy atom. The lowest BCUT2D eigenvalue weighted by atomic mass is 9.90. The van der Waals surface area contributed by atoms with Crippen molar-refractivity contribution in [2.45, 2.75) is 57.7 Å². The summed E-state index contributed by atoms with van der Waals surface area (Å²) >= 11 is 0. The molecule has 108 valence electrons. The minimum Gasteiger partial charge on any atom is -0.389 e. The van der Waals surface area contributed by atoms with Gasteiger partial charge in [-0.2, -0.15) is 0 Å². The Bertz CT molecular complexity index is 206. The van der Waals surface area contributed by atoms with E-state index in [0.29, 0.717) is 25.3 Å². The molecular weight excluding hydrogens is 228 g/mol. The van der Waals surface area contributed by atoms with Crippen LogP contribution < -0.4 is 5.32 Å². The van der Waals surface area contributed by atoms with E-state index in [1.165, 1.54) is 25.7 Å². The van der Waals surface area contributed by atoms with E-state index in [-0.39, 0.29) is 6.10 Å². The van der Waals surface area contributed by atoms with Gasteiger partial charge in [0.05, 0.1) is 12.7 Å². The van der Waals surface area contributed by atoms with Crippen LogP contribution in [0.15, 0.2) is 0 Å². The van der Waals surface area contributed by atoms with Gasteiger partial charge in [0.2, 0.25) is 0 Å². The number of aliphatic hydroxyl groups excluding tert-OH is 1. The van der Waals surface area contributed by atoms with E-state index < -0.39 is 0 Å². The molecule has 2 N–H and O–H groups in total. The monoisotopic (exact) mass is 258 g/mol. The number of ether oxygens (including phenoxy) is 1. The van der Waals surface area contributed by atoms with Gasteiger partial charge in [-0.15, -0.1) is 0 Å². The van der Waals surface area contributed by atoms with E-state index >= 15 is 0 Å². The highest BCUT2D eigenvalue weighted by atomic mass is 16.5. The van der Waals surface area contributed by atoms with E-state index in [1.807, 2.05) is 6.92 Å².